The topological polar surface area (TPSA) is 63.1 Å². The number of hydrogen-bond donors (Lipinski definition) is 3. The van der Waals surface area contributed by atoms with Crippen molar-refractivity contribution >= 4 is 29.9 Å². The summed E-state index contributed by atoms with van der Waals surface area (Å²) in [6, 6.07) is 0. The molecule has 3 N–H and O–H groups in total. The van der Waals surface area contributed by atoms with Crippen molar-refractivity contribution in [1.29, 1.82) is 0 Å². The van der Waals surface area contributed by atoms with E-state index in [-0.39, 0.29) is 30.6 Å². The molecule has 0 amide bonds. The number of hydrogen-bond acceptors (Lipinski definition) is 4. The third kappa shape index (κ3) is 12.3. The smallest absolute Gasteiger partial charge is 0.191 e. The first-order chi connectivity index (χ1) is 12.2. The molecule has 0 bridgehead atoms. The molecular formula is C19H42IN5O. The Kier molecular flexibility index (Phi) is 16.9. The largest absolute Gasteiger partial charge is 0.396 e. The Balaban J connectivity index is 0.00000625. The zero-order valence-electron chi connectivity index (χ0n) is 17.2. The Labute approximate surface area is 178 Å². The SMILES string of the molecule is CCCC(CCO)CN=C(NCC)NCCCN1CCCN(C)CC1.I. The van der Waals surface area contributed by atoms with E-state index in [0.717, 1.165) is 57.8 Å². The van der Waals surface area contributed by atoms with Crippen molar-refractivity contribution < 1.29 is 5.11 Å². The van der Waals surface area contributed by atoms with E-state index < -0.39 is 0 Å². The van der Waals surface area contributed by atoms with Gasteiger partial charge in [-0.15, -0.1) is 24.0 Å². The first kappa shape index (κ1) is 25.9. The van der Waals surface area contributed by atoms with Gasteiger partial charge in [0.25, 0.3) is 0 Å². The van der Waals surface area contributed by atoms with Crippen LogP contribution in [0.5, 0.6) is 0 Å². The van der Waals surface area contributed by atoms with Crippen LogP contribution in [0.15, 0.2) is 4.99 Å². The van der Waals surface area contributed by atoms with Crippen LogP contribution in [0.1, 0.15) is 46.0 Å². The first-order valence-electron chi connectivity index (χ1n) is 10.2. The Bertz CT molecular complexity index is 351. The summed E-state index contributed by atoms with van der Waals surface area (Å²) < 4.78 is 0. The molecule has 1 rings (SSSR count). The number of nitrogens with zero attached hydrogens (tertiary/aromatic N) is 3. The number of guanidine groups is 1. The van der Waals surface area contributed by atoms with Crippen LogP contribution in [0.3, 0.4) is 0 Å². The molecule has 0 radical (unpaired) electrons. The van der Waals surface area contributed by atoms with Crippen molar-refractivity contribution in [2.45, 2.75) is 46.0 Å². The third-order valence-corrected chi connectivity index (χ3v) is 4.84. The van der Waals surface area contributed by atoms with Crippen LogP contribution in [-0.2, 0) is 0 Å². The summed E-state index contributed by atoms with van der Waals surface area (Å²) in [5.41, 5.74) is 0. The molecule has 26 heavy (non-hydrogen) atoms. The molecule has 156 valence electrons. The van der Waals surface area contributed by atoms with Crippen molar-refractivity contribution in [2.75, 3.05) is 66.0 Å². The molecule has 0 saturated carbocycles. The van der Waals surface area contributed by atoms with Crippen LogP contribution in [0.2, 0.25) is 0 Å². The van der Waals surface area contributed by atoms with Crippen LogP contribution < -0.4 is 10.6 Å². The second-order valence-electron chi connectivity index (χ2n) is 7.17. The molecule has 1 unspecified atom stereocenters. The minimum absolute atomic E-state index is 0. The highest BCUT2D eigenvalue weighted by atomic mass is 127. The normalized spacial score (nSPS) is 18.1. The number of aliphatic hydroxyl groups is 1. The van der Waals surface area contributed by atoms with E-state index >= 15 is 0 Å². The van der Waals surface area contributed by atoms with Crippen LogP contribution in [0, 0.1) is 5.92 Å². The minimum atomic E-state index is 0. The molecule has 1 saturated heterocycles. The Morgan fingerprint density at radius 3 is 2.62 bits per heavy atom. The molecular weight excluding hydrogens is 441 g/mol. The van der Waals surface area contributed by atoms with Crippen LogP contribution in [0.25, 0.3) is 0 Å². The van der Waals surface area contributed by atoms with Gasteiger partial charge in [-0.3, -0.25) is 4.99 Å². The molecule has 7 heteroatoms. The highest BCUT2D eigenvalue weighted by Gasteiger charge is 2.11. The molecule has 1 fully saturated rings. The molecule has 0 aliphatic carbocycles. The first-order valence-corrected chi connectivity index (χ1v) is 10.2. The van der Waals surface area contributed by atoms with E-state index in [1.807, 2.05) is 0 Å². The zero-order chi connectivity index (χ0) is 18.3. The monoisotopic (exact) mass is 483 g/mol. The number of nitrogens with one attached hydrogen (secondary N) is 2. The Morgan fingerprint density at radius 2 is 1.92 bits per heavy atom. The molecule has 0 aromatic heterocycles. The Morgan fingerprint density at radius 1 is 1.12 bits per heavy atom. The lowest BCUT2D eigenvalue weighted by Gasteiger charge is -2.20. The number of aliphatic hydroxyl groups excluding tert-OH is 1. The predicted molar refractivity (Wildman–Crippen MR) is 123 cm³/mol. The second kappa shape index (κ2) is 17.0. The summed E-state index contributed by atoms with van der Waals surface area (Å²) in [5.74, 6) is 1.40. The van der Waals surface area contributed by atoms with Crippen molar-refractivity contribution in [3.8, 4) is 0 Å². The summed E-state index contributed by atoms with van der Waals surface area (Å²) in [5, 5.41) is 16.0. The fourth-order valence-corrected chi connectivity index (χ4v) is 3.31. The lowest BCUT2D eigenvalue weighted by atomic mass is 10.0. The van der Waals surface area contributed by atoms with Crippen molar-refractivity contribution in [3.63, 3.8) is 0 Å². The van der Waals surface area contributed by atoms with E-state index in [1.165, 1.54) is 32.6 Å². The minimum Gasteiger partial charge on any atom is -0.396 e. The lowest BCUT2D eigenvalue weighted by molar-refractivity contribution is 0.253. The van der Waals surface area contributed by atoms with E-state index in [2.05, 4.69) is 41.3 Å². The molecule has 0 spiro atoms. The van der Waals surface area contributed by atoms with E-state index in [4.69, 9.17) is 4.99 Å². The molecule has 1 heterocycles. The Hall–Kier alpha value is -0.120. The number of rotatable bonds is 11. The zero-order valence-corrected chi connectivity index (χ0v) is 19.5. The summed E-state index contributed by atoms with van der Waals surface area (Å²) >= 11 is 0. The molecule has 0 aromatic rings. The lowest BCUT2D eigenvalue weighted by Crippen LogP contribution is -2.39. The number of halogens is 1. The quantitative estimate of drug-likeness (QED) is 0.182. The van der Waals surface area contributed by atoms with Crippen molar-refractivity contribution in [2.24, 2.45) is 10.9 Å². The maximum atomic E-state index is 9.18. The summed E-state index contributed by atoms with van der Waals surface area (Å²) in [6.07, 6.45) is 5.54. The molecule has 1 atom stereocenters. The van der Waals surface area contributed by atoms with Gasteiger partial charge >= 0.3 is 0 Å². The fraction of sp³-hybridized carbons (Fsp3) is 0.947. The van der Waals surface area contributed by atoms with E-state index in [1.54, 1.807) is 0 Å². The van der Waals surface area contributed by atoms with Gasteiger partial charge in [0.15, 0.2) is 5.96 Å². The van der Waals surface area contributed by atoms with Gasteiger partial charge in [-0.2, -0.15) is 0 Å². The van der Waals surface area contributed by atoms with Gasteiger partial charge in [-0.1, -0.05) is 13.3 Å². The second-order valence-corrected chi connectivity index (χ2v) is 7.17. The van der Waals surface area contributed by atoms with Crippen LogP contribution in [-0.4, -0.2) is 86.9 Å². The average Bonchev–Trinajstić information content (AvgIpc) is 2.81. The van der Waals surface area contributed by atoms with Crippen LogP contribution in [0.4, 0.5) is 0 Å². The van der Waals surface area contributed by atoms with Gasteiger partial charge in [0.2, 0.25) is 0 Å². The molecule has 0 aromatic carbocycles. The van der Waals surface area contributed by atoms with Gasteiger partial charge in [0.05, 0.1) is 0 Å². The fourth-order valence-electron chi connectivity index (χ4n) is 3.31. The van der Waals surface area contributed by atoms with Crippen molar-refractivity contribution in [1.82, 2.24) is 20.4 Å². The summed E-state index contributed by atoms with van der Waals surface area (Å²) in [6.45, 7) is 13.1. The van der Waals surface area contributed by atoms with Gasteiger partial charge in [-0.25, -0.2) is 0 Å². The van der Waals surface area contributed by atoms with E-state index in [0.29, 0.717) is 5.92 Å². The van der Waals surface area contributed by atoms with Crippen molar-refractivity contribution in [3.05, 3.63) is 0 Å². The maximum Gasteiger partial charge on any atom is 0.191 e. The number of likely N-dealkylation sites (N-methyl/N-ethyl adjacent to an activating group) is 1. The maximum absolute atomic E-state index is 9.18. The summed E-state index contributed by atoms with van der Waals surface area (Å²) in [7, 11) is 2.22. The van der Waals surface area contributed by atoms with Crippen LogP contribution >= 0.6 is 24.0 Å². The third-order valence-electron chi connectivity index (χ3n) is 4.84. The predicted octanol–water partition coefficient (Wildman–Crippen LogP) is 1.99. The average molecular weight is 483 g/mol. The van der Waals surface area contributed by atoms with Gasteiger partial charge in [-0.05, 0) is 65.2 Å². The summed E-state index contributed by atoms with van der Waals surface area (Å²) in [4.78, 5) is 9.72. The van der Waals surface area contributed by atoms with Gasteiger partial charge < -0.3 is 25.5 Å². The van der Waals surface area contributed by atoms with Gasteiger partial charge in [0, 0.05) is 39.3 Å². The molecule has 1 aliphatic rings. The van der Waals surface area contributed by atoms with E-state index in [9.17, 15) is 5.11 Å². The standard InChI is InChI=1S/C19H41N5O.HI/c1-4-8-18(9-16-25)17-22-19(20-5-2)21-10-6-12-24-13-7-11-23(3)14-15-24;/h18,25H,4-17H2,1-3H3,(H2,20,21,22);1H. The highest BCUT2D eigenvalue weighted by molar-refractivity contribution is 14.0. The van der Waals surface area contributed by atoms with Gasteiger partial charge in [0.1, 0.15) is 0 Å². The molecule has 6 nitrogen and oxygen atoms in total. The highest BCUT2D eigenvalue weighted by Crippen LogP contribution is 2.11. The number of aliphatic imine (C=N–C) groups is 1. The molecule has 1 aliphatic heterocycles.